The third-order valence-electron chi connectivity index (χ3n) is 2.74. The van der Waals surface area contributed by atoms with E-state index < -0.39 is 23.4 Å². The number of rotatable bonds is 2. The van der Waals surface area contributed by atoms with Crippen LogP contribution >= 0.6 is 0 Å². The molecule has 0 saturated carbocycles. The average Bonchev–Trinajstić information content (AvgIpc) is 2.49. The number of hydrogen-bond donors (Lipinski definition) is 2. The molecule has 0 fully saturated rings. The molecule has 0 saturated heterocycles. The van der Waals surface area contributed by atoms with Crippen LogP contribution in [0.5, 0.6) is 0 Å². The van der Waals surface area contributed by atoms with Crippen LogP contribution in [-0.4, -0.2) is 29.3 Å². The van der Waals surface area contributed by atoms with Crippen LogP contribution < -0.4 is 10.6 Å². The lowest BCUT2D eigenvalue weighted by molar-refractivity contribution is 0.0545. The van der Waals surface area contributed by atoms with Gasteiger partial charge in [-0.25, -0.2) is 14.6 Å². The Hall–Kier alpha value is -3.08. The summed E-state index contributed by atoms with van der Waals surface area (Å²) in [6, 6.07) is 8.82. The average molecular weight is 374 g/mol. The highest BCUT2D eigenvalue weighted by Gasteiger charge is 2.21. The first-order chi connectivity index (χ1) is 12.4. The molecule has 0 aliphatic carbocycles. The van der Waals surface area contributed by atoms with Crippen LogP contribution in [0.25, 0.3) is 0 Å². The van der Waals surface area contributed by atoms with E-state index in [0.717, 1.165) is 5.56 Å². The molecule has 0 aromatic heterocycles. The molecule has 146 valence electrons. The predicted octanol–water partition coefficient (Wildman–Crippen LogP) is 3.46. The number of ether oxygens (including phenoxy) is 2. The molecule has 0 aliphatic heterocycles. The van der Waals surface area contributed by atoms with Crippen molar-refractivity contribution in [2.24, 2.45) is 4.99 Å². The summed E-state index contributed by atoms with van der Waals surface area (Å²) in [7, 11) is 0. The van der Waals surface area contributed by atoms with Gasteiger partial charge >= 0.3 is 12.2 Å². The Morgan fingerprint density at radius 2 is 1.41 bits per heavy atom. The van der Waals surface area contributed by atoms with Crippen molar-refractivity contribution in [3.8, 4) is 6.07 Å². The summed E-state index contributed by atoms with van der Waals surface area (Å²) in [4.78, 5) is 28.2. The molecular formula is C19H26N4O4. The molecule has 0 bridgehead atoms. The first-order valence-electron chi connectivity index (χ1n) is 8.41. The van der Waals surface area contributed by atoms with Crippen LogP contribution in [0, 0.1) is 11.3 Å². The minimum absolute atomic E-state index is 0.0946. The summed E-state index contributed by atoms with van der Waals surface area (Å²) in [5, 5.41) is 13.6. The highest BCUT2D eigenvalue weighted by atomic mass is 16.6. The van der Waals surface area contributed by atoms with Crippen LogP contribution in [0.1, 0.15) is 52.7 Å². The molecule has 8 heteroatoms. The molecule has 8 nitrogen and oxygen atoms in total. The number of nitrogens with zero attached hydrogens (tertiary/aromatic N) is 2. The topological polar surface area (TPSA) is 113 Å². The SMILES string of the molecule is CC(C)(C)OC(=O)NC(=NCc1ccc(C#N)cc1)NC(=O)OC(C)(C)C. The van der Waals surface area contributed by atoms with Gasteiger partial charge in [-0.1, -0.05) is 12.1 Å². The molecule has 1 aromatic carbocycles. The Labute approximate surface area is 159 Å². The molecule has 2 amide bonds. The van der Waals surface area contributed by atoms with Gasteiger partial charge in [0.05, 0.1) is 18.2 Å². The number of alkyl carbamates (subject to hydrolysis) is 2. The summed E-state index contributed by atoms with van der Waals surface area (Å²) in [5.74, 6) is -0.0946. The number of carbonyl (C=O) groups is 2. The summed E-state index contributed by atoms with van der Waals surface area (Å²) in [5.41, 5.74) is -0.0761. The third kappa shape index (κ3) is 9.84. The van der Waals surface area contributed by atoms with E-state index in [0.29, 0.717) is 5.56 Å². The fourth-order valence-electron chi connectivity index (χ4n) is 1.77. The molecule has 0 unspecified atom stereocenters. The Kier molecular flexibility index (Phi) is 7.35. The fraction of sp³-hybridized carbons (Fsp3) is 0.474. The number of aliphatic imine (C=N–C) groups is 1. The monoisotopic (exact) mass is 374 g/mol. The fourth-order valence-corrected chi connectivity index (χ4v) is 1.77. The van der Waals surface area contributed by atoms with Gasteiger partial charge in [-0.05, 0) is 59.2 Å². The number of guanidine groups is 1. The number of nitrogens with one attached hydrogen (secondary N) is 2. The number of benzene rings is 1. The van der Waals surface area contributed by atoms with Gasteiger partial charge in [0.2, 0.25) is 5.96 Å². The zero-order valence-corrected chi connectivity index (χ0v) is 16.5. The molecule has 0 spiro atoms. The van der Waals surface area contributed by atoms with E-state index in [1.54, 1.807) is 65.8 Å². The number of hydrogen-bond acceptors (Lipinski definition) is 6. The van der Waals surface area contributed by atoms with Crippen molar-refractivity contribution in [1.82, 2.24) is 10.6 Å². The normalized spacial score (nSPS) is 11.0. The van der Waals surface area contributed by atoms with Crippen molar-refractivity contribution < 1.29 is 19.1 Å². The van der Waals surface area contributed by atoms with Gasteiger partial charge in [0.1, 0.15) is 11.2 Å². The highest BCUT2D eigenvalue weighted by Crippen LogP contribution is 2.08. The quantitative estimate of drug-likeness (QED) is 0.608. The first kappa shape index (κ1) is 22.0. The van der Waals surface area contributed by atoms with Crippen molar-refractivity contribution in [2.75, 3.05) is 0 Å². The summed E-state index contributed by atoms with van der Waals surface area (Å²) in [6.07, 6.45) is -1.51. The molecule has 27 heavy (non-hydrogen) atoms. The maximum atomic E-state index is 12.0. The van der Waals surface area contributed by atoms with Gasteiger partial charge in [-0.2, -0.15) is 5.26 Å². The van der Waals surface area contributed by atoms with Gasteiger partial charge in [0, 0.05) is 0 Å². The van der Waals surface area contributed by atoms with Gasteiger partial charge in [0.25, 0.3) is 0 Å². The first-order valence-corrected chi connectivity index (χ1v) is 8.41. The van der Waals surface area contributed by atoms with E-state index >= 15 is 0 Å². The van der Waals surface area contributed by atoms with Gasteiger partial charge in [0.15, 0.2) is 0 Å². The van der Waals surface area contributed by atoms with Crippen molar-refractivity contribution >= 4 is 18.1 Å². The molecule has 0 atom stereocenters. The zero-order chi connectivity index (χ0) is 20.7. The van der Waals surface area contributed by atoms with Crippen LogP contribution in [0.15, 0.2) is 29.3 Å². The molecule has 0 aliphatic rings. The smallest absolute Gasteiger partial charge is 0.414 e. The number of carbonyl (C=O) groups excluding carboxylic acids is 2. The Bertz CT molecular complexity index is 703. The molecule has 0 heterocycles. The minimum Gasteiger partial charge on any atom is -0.444 e. The molecule has 2 N–H and O–H groups in total. The lowest BCUT2D eigenvalue weighted by atomic mass is 10.1. The number of nitriles is 1. The molecule has 1 aromatic rings. The van der Waals surface area contributed by atoms with Crippen LogP contribution in [-0.2, 0) is 16.0 Å². The summed E-state index contributed by atoms with van der Waals surface area (Å²) >= 11 is 0. The second kappa shape index (κ2) is 9.03. The van der Waals surface area contributed by atoms with E-state index in [1.807, 2.05) is 6.07 Å². The van der Waals surface area contributed by atoms with E-state index in [-0.39, 0.29) is 12.5 Å². The summed E-state index contributed by atoms with van der Waals surface area (Å²) < 4.78 is 10.3. The number of amides is 2. The van der Waals surface area contributed by atoms with E-state index in [1.165, 1.54) is 0 Å². The van der Waals surface area contributed by atoms with E-state index in [9.17, 15) is 9.59 Å². The van der Waals surface area contributed by atoms with Gasteiger partial charge in [-0.15, -0.1) is 0 Å². The maximum Gasteiger partial charge on any atom is 0.414 e. The van der Waals surface area contributed by atoms with Gasteiger partial charge < -0.3 is 9.47 Å². The highest BCUT2D eigenvalue weighted by molar-refractivity contribution is 6.01. The summed E-state index contributed by atoms with van der Waals surface area (Å²) in [6.45, 7) is 10.5. The van der Waals surface area contributed by atoms with Gasteiger partial charge in [-0.3, -0.25) is 10.6 Å². The lowest BCUT2D eigenvalue weighted by Gasteiger charge is -2.22. The van der Waals surface area contributed by atoms with Crippen molar-refractivity contribution in [3.05, 3.63) is 35.4 Å². The second-order valence-corrected chi connectivity index (χ2v) is 7.73. The van der Waals surface area contributed by atoms with Crippen LogP contribution in [0.2, 0.25) is 0 Å². The zero-order valence-electron chi connectivity index (χ0n) is 16.5. The standard InChI is InChI=1S/C19H26N4O4/c1-18(2,3)26-16(24)22-15(23-17(25)27-19(4,5)6)21-12-14-9-7-13(11-20)8-10-14/h7-10H,12H2,1-6H3,(H2,21,22,23,24,25). The molecule has 0 radical (unpaired) electrons. The second-order valence-electron chi connectivity index (χ2n) is 7.73. The third-order valence-corrected chi connectivity index (χ3v) is 2.74. The van der Waals surface area contributed by atoms with Crippen molar-refractivity contribution in [3.63, 3.8) is 0 Å². The Morgan fingerprint density at radius 1 is 0.963 bits per heavy atom. The van der Waals surface area contributed by atoms with Crippen LogP contribution in [0.4, 0.5) is 9.59 Å². The van der Waals surface area contributed by atoms with E-state index in [2.05, 4.69) is 15.6 Å². The molecular weight excluding hydrogens is 348 g/mol. The molecule has 1 rings (SSSR count). The largest absolute Gasteiger partial charge is 0.444 e. The predicted molar refractivity (Wildman–Crippen MR) is 101 cm³/mol. The van der Waals surface area contributed by atoms with Crippen molar-refractivity contribution in [2.45, 2.75) is 59.3 Å². The Morgan fingerprint density at radius 3 is 1.78 bits per heavy atom. The lowest BCUT2D eigenvalue weighted by Crippen LogP contribution is -2.47. The Balaban J connectivity index is 2.89. The van der Waals surface area contributed by atoms with Crippen molar-refractivity contribution in [1.29, 1.82) is 5.26 Å². The van der Waals surface area contributed by atoms with Crippen LogP contribution in [0.3, 0.4) is 0 Å². The van der Waals surface area contributed by atoms with E-state index in [4.69, 9.17) is 14.7 Å². The minimum atomic E-state index is -0.753. The maximum absolute atomic E-state index is 12.0.